The summed E-state index contributed by atoms with van der Waals surface area (Å²) >= 11 is -1.78. The largest absolute Gasteiger partial charge is 0.615 e. The van der Waals surface area contributed by atoms with Crippen molar-refractivity contribution in [3.63, 3.8) is 0 Å². The van der Waals surface area contributed by atoms with Gasteiger partial charge in [-0.3, -0.25) is 0 Å². The van der Waals surface area contributed by atoms with Gasteiger partial charge in [-0.2, -0.15) is 0 Å². The number of hydrogen-bond acceptors (Lipinski definition) is 2. The van der Waals surface area contributed by atoms with Crippen molar-refractivity contribution < 1.29 is 13.2 Å². The van der Waals surface area contributed by atoms with Crippen LogP contribution in [-0.2, 0) is 11.3 Å². The first kappa shape index (κ1) is 11.1. The van der Waals surface area contributed by atoms with Crippen LogP contribution in [0.5, 0.6) is 0 Å². The molecule has 0 aliphatic carbocycles. The summed E-state index contributed by atoms with van der Waals surface area (Å²) in [5.74, 6) is 0. The van der Waals surface area contributed by atoms with Crippen molar-refractivity contribution in [2.75, 3.05) is 28.2 Å². The average molecular weight is 189 g/mol. The van der Waals surface area contributed by atoms with Crippen LogP contribution in [-0.4, -0.2) is 42.3 Å². The molecular weight excluding hydrogens is 177 g/mol. The molecule has 0 radical (unpaired) electrons. The molecule has 0 rings (SSSR count). The van der Waals surface area contributed by atoms with Gasteiger partial charge in [0, 0.05) is 28.2 Å². The van der Waals surface area contributed by atoms with Gasteiger partial charge in [0.25, 0.3) is 11.3 Å². The molecule has 0 atom stereocenters. The molecule has 0 aromatic rings. The van der Waals surface area contributed by atoms with E-state index in [1.54, 1.807) is 0 Å². The van der Waals surface area contributed by atoms with E-state index in [9.17, 15) is 13.2 Å². The van der Waals surface area contributed by atoms with E-state index in [0.29, 0.717) is 0 Å². The van der Waals surface area contributed by atoms with Crippen molar-refractivity contribution in [3.8, 4) is 0 Å². The van der Waals surface area contributed by atoms with Gasteiger partial charge in [0.05, 0.1) is 0 Å². The standard InChI is InChI=1S/C5H12F3N2S/c1-9(2)11(10(3)4)5(6,7)8/h1-4H3/q+1. The third kappa shape index (κ3) is 3.31. The van der Waals surface area contributed by atoms with E-state index < -0.39 is 16.8 Å². The smallest absolute Gasteiger partial charge is 0.119 e. The van der Waals surface area contributed by atoms with Gasteiger partial charge < -0.3 is 0 Å². The first-order chi connectivity index (χ1) is 4.76. The predicted molar refractivity (Wildman–Crippen MR) is 40.8 cm³/mol. The summed E-state index contributed by atoms with van der Waals surface area (Å²) in [4.78, 5) is 0. The fraction of sp³-hybridized carbons (Fsp3) is 1.00. The molecule has 0 aromatic heterocycles. The normalized spacial score (nSPS) is 13.6. The summed E-state index contributed by atoms with van der Waals surface area (Å²) in [6, 6.07) is 0. The highest BCUT2D eigenvalue weighted by Gasteiger charge is 2.57. The second kappa shape index (κ2) is 3.64. The van der Waals surface area contributed by atoms with E-state index >= 15 is 0 Å². The lowest BCUT2D eigenvalue weighted by molar-refractivity contribution is -0.0438. The molecule has 0 aliphatic rings. The van der Waals surface area contributed by atoms with Crippen LogP contribution in [0.1, 0.15) is 0 Å². The van der Waals surface area contributed by atoms with Crippen molar-refractivity contribution in [1.29, 1.82) is 0 Å². The summed E-state index contributed by atoms with van der Waals surface area (Å²) in [5, 5.41) is 0. The highest BCUT2D eigenvalue weighted by molar-refractivity contribution is 7.93. The van der Waals surface area contributed by atoms with Crippen molar-refractivity contribution >= 4 is 11.3 Å². The van der Waals surface area contributed by atoms with E-state index in [1.807, 2.05) is 0 Å². The Kier molecular flexibility index (Phi) is 3.66. The molecule has 0 N–H and O–H groups in total. The first-order valence-corrected chi connectivity index (χ1v) is 4.06. The zero-order chi connectivity index (χ0) is 9.23. The number of hydrogen-bond donors (Lipinski definition) is 0. The maximum Gasteiger partial charge on any atom is 0.615 e. The molecule has 0 amide bonds. The molecule has 0 saturated heterocycles. The van der Waals surface area contributed by atoms with Crippen molar-refractivity contribution in [1.82, 2.24) is 8.61 Å². The van der Waals surface area contributed by atoms with E-state index in [-0.39, 0.29) is 0 Å². The number of nitrogens with zero attached hydrogens (tertiary/aromatic N) is 2. The van der Waals surface area contributed by atoms with Crippen LogP contribution in [0, 0.1) is 0 Å². The maximum atomic E-state index is 12.2. The highest BCUT2D eigenvalue weighted by atomic mass is 32.2. The maximum absolute atomic E-state index is 12.2. The molecule has 11 heavy (non-hydrogen) atoms. The van der Waals surface area contributed by atoms with Gasteiger partial charge in [0.2, 0.25) is 0 Å². The first-order valence-electron chi connectivity index (χ1n) is 2.93. The fourth-order valence-corrected chi connectivity index (χ4v) is 2.22. The van der Waals surface area contributed by atoms with Crippen LogP contribution in [0.4, 0.5) is 13.2 Å². The third-order valence-corrected chi connectivity index (χ3v) is 2.70. The quantitative estimate of drug-likeness (QED) is 0.600. The van der Waals surface area contributed by atoms with Gasteiger partial charge in [0.1, 0.15) is 0 Å². The molecule has 0 bridgehead atoms. The van der Waals surface area contributed by atoms with E-state index in [0.717, 1.165) is 8.61 Å². The van der Waals surface area contributed by atoms with Crippen LogP contribution in [0.25, 0.3) is 0 Å². The molecule has 6 heteroatoms. The zero-order valence-electron chi connectivity index (χ0n) is 6.94. The van der Waals surface area contributed by atoms with Gasteiger partial charge in [-0.05, 0) is 0 Å². The van der Waals surface area contributed by atoms with E-state index in [2.05, 4.69) is 0 Å². The van der Waals surface area contributed by atoms with Crippen molar-refractivity contribution in [3.05, 3.63) is 0 Å². The van der Waals surface area contributed by atoms with Crippen molar-refractivity contribution in [2.45, 2.75) is 5.51 Å². The van der Waals surface area contributed by atoms with Crippen LogP contribution in [0.2, 0.25) is 0 Å². The second-order valence-corrected chi connectivity index (χ2v) is 4.79. The molecule has 68 valence electrons. The van der Waals surface area contributed by atoms with Gasteiger partial charge in [-0.25, -0.2) is 0 Å². The van der Waals surface area contributed by atoms with Gasteiger partial charge in [-0.1, -0.05) is 0 Å². The molecule has 0 saturated carbocycles. The van der Waals surface area contributed by atoms with Gasteiger partial charge in [-0.15, -0.1) is 21.8 Å². The molecule has 0 heterocycles. The summed E-state index contributed by atoms with van der Waals surface area (Å²) in [6.07, 6.45) is 0. The zero-order valence-corrected chi connectivity index (χ0v) is 7.75. The minimum atomic E-state index is -4.16. The lowest BCUT2D eigenvalue weighted by Crippen LogP contribution is -2.45. The Labute approximate surface area is 67.6 Å². The number of halogens is 3. The van der Waals surface area contributed by atoms with Crippen molar-refractivity contribution in [2.24, 2.45) is 0 Å². The molecular formula is C5H12F3N2S+. The van der Waals surface area contributed by atoms with Crippen LogP contribution >= 0.6 is 0 Å². The predicted octanol–water partition coefficient (Wildman–Crippen LogP) is 1.08. The van der Waals surface area contributed by atoms with Gasteiger partial charge >= 0.3 is 5.51 Å². The average Bonchev–Trinajstić information content (AvgIpc) is 1.54. The number of rotatable bonds is 2. The van der Waals surface area contributed by atoms with Crippen LogP contribution in [0.3, 0.4) is 0 Å². The summed E-state index contributed by atoms with van der Waals surface area (Å²) in [5.41, 5.74) is -4.16. The van der Waals surface area contributed by atoms with Gasteiger partial charge in [0.15, 0.2) is 0 Å². The Morgan fingerprint density at radius 2 is 1.18 bits per heavy atom. The summed E-state index contributed by atoms with van der Waals surface area (Å²) in [7, 11) is 5.65. The van der Waals surface area contributed by atoms with E-state index in [4.69, 9.17) is 0 Å². The molecule has 0 aromatic carbocycles. The molecule has 0 spiro atoms. The Balaban J connectivity index is 4.35. The molecule has 0 unspecified atom stereocenters. The summed E-state index contributed by atoms with van der Waals surface area (Å²) in [6.45, 7) is 0. The Hall–Kier alpha value is 0.0600. The third-order valence-electron chi connectivity index (χ3n) is 0.899. The lowest BCUT2D eigenvalue weighted by atomic mass is 11.3. The molecule has 2 nitrogen and oxygen atoms in total. The molecule has 0 aliphatic heterocycles. The topological polar surface area (TPSA) is 6.48 Å². The minimum absolute atomic E-state index is 1.15. The highest BCUT2D eigenvalue weighted by Crippen LogP contribution is 2.28. The van der Waals surface area contributed by atoms with E-state index in [1.165, 1.54) is 28.2 Å². The summed E-state index contributed by atoms with van der Waals surface area (Å²) < 4.78 is 38.8. The van der Waals surface area contributed by atoms with Crippen LogP contribution < -0.4 is 0 Å². The minimum Gasteiger partial charge on any atom is -0.119 e. The Bertz CT molecular complexity index is 115. The number of alkyl halides is 3. The second-order valence-electron chi connectivity index (χ2n) is 2.33. The monoisotopic (exact) mass is 189 g/mol. The molecule has 0 fully saturated rings. The lowest BCUT2D eigenvalue weighted by Gasteiger charge is -2.18. The fourth-order valence-electron chi connectivity index (χ4n) is 0.741. The Morgan fingerprint density at radius 3 is 1.18 bits per heavy atom. The SMILES string of the molecule is CN(C)[S+](N(C)C)C(F)(F)F. The van der Waals surface area contributed by atoms with Crippen LogP contribution in [0.15, 0.2) is 0 Å². The Morgan fingerprint density at radius 1 is 0.909 bits per heavy atom.